The third-order valence-electron chi connectivity index (χ3n) is 4.83. The number of benzene rings is 2. The lowest BCUT2D eigenvalue weighted by Gasteiger charge is -2.28. The number of primary sulfonamides is 1. The average Bonchev–Trinajstić information content (AvgIpc) is 3.15. The van der Waals surface area contributed by atoms with Crippen LogP contribution >= 0.6 is 0 Å². The first kappa shape index (κ1) is 19.9. The molecule has 0 amide bonds. The summed E-state index contributed by atoms with van der Waals surface area (Å²) in [5.41, 5.74) is 0.925. The Balaban J connectivity index is 2.08. The Morgan fingerprint density at radius 1 is 1.18 bits per heavy atom. The predicted molar refractivity (Wildman–Crippen MR) is 103 cm³/mol. The van der Waals surface area contributed by atoms with Gasteiger partial charge in [0.25, 0.3) is 5.69 Å². The van der Waals surface area contributed by atoms with E-state index in [4.69, 9.17) is 14.6 Å². The summed E-state index contributed by atoms with van der Waals surface area (Å²) in [7, 11) is -0.921. The Bertz CT molecular complexity index is 1010. The first-order chi connectivity index (χ1) is 13.3. The monoisotopic (exact) mass is 407 g/mol. The third kappa shape index (κ3) is 3.73. The molecule has 0 aromatic heterocycles. The molecule has 0 aliphatic carbocycles. The lowest BCUT2D eigenvalue weighted by atomic mass is 10.0. The number of nitrogens with two attached hydrogens (primary N) is 1. The summed E-state index contributed by atoms with van der Waals surface area (Å²) in [6.07, 6.45) is 1.60. The molecule has 0 unspecified atom stereocenters. The highest BCUT2D eigenvalue weighted by molar-refractivity contribution is 7.89. The number of methoxy groups -OCH3 is 2. The van der Waals surface area contributed by atoms with E-state index < -0.39 is 14.9 Å². The molecule has 2 N–H and O–H groups in total. The Labute approximate surface area is 162 Å². The Hall–Kier alpha value is -2.85. The molecule has 0 spiro atoms. The van der Waals surface area contributed by atoms with Crippen molar-refractivity contribution >= 4 is 21.4 Å². The van der Waals surface area contributed by atoms with Gasteiger partial charge in [-0.25, -0.2) is 13.6 Å². The van der Waals surface area contributed by atoms with Gasteiger partial charge >= 0.3 is 0 Å². The van der Waals surface area contributed by atoms with Crippen LogP contribution in [0.25, 0.3) is 0 Å². The zero-order chi connectivity index (χ0) is 20.5. The summed E-state index contributed by atoms with van der Waals surface area (Å²) in [6.45, 7) is 0.593. The van der Waals surface area contributed by atoms with Crippen molar-refractivity contribution < 1.29 is 22.8 Å². The van der Waals surface area contributed by atoms with Crippen LogP contribution in [0.4, 0.5) is 11.4 Å². The number of hydrogen-bond acceptors (Lipinski definition) is 7. The van der Waals surface area contributed by atoms with Crippen LogP contribution in [0.1, 0.15) is 24.4 Å². The minimum absolute atomic E-state index is 0.153. The summed E-state index contributed by atoms with van der Waals surface area (Å²) < 4.78 is 33.9. The summed E-state index contributed by atoms with van der Waals surface area (Å²) in [4.78, 5) is 12.6. The fourth-order valence-corrected chi connectivity index (χ4v) is 4.08. The lowest BCUT2D eigenvalue weighted by Crippen LogP contribution is -2.24. The number of ether oxygens (including phenoxy) is 2. The molecule has 1 aliphatic heterocycles. The van der Waals surface area contributed by atoms with Crippen LogP contribution in [-0.4, -0.2) is 34.1 Å². The van der Waals surface area contributed by atoms with Gasteiger partial charge in [-0.05, 0) is 37.1 Å². The molecule has 1 aliphatic rings. The standard InChI is InChI=1S/C18H21N3O6S/c1-26-12-5-7-14(18(10-12)27-2)15-4-3-9-20(15)16-8-6-13(28(19,24)25)11-17(16)21(22)23/h5-8,10-11,15H,3-4,9H2,1-2H3,(H2,19,24,25)/t15-/m1/s1. The van der Waals surface area contributed by atoms with E-state index in [1.54, 1.807) is 20.3 Å². The molecular weight excluding hydrogens is 386 g/mol. The zero-order valence-corrected chi connectivity index (χ0v) is 16.3. The molecule has 28 heavy (non-hydrogen) atoms. The van der Waals surface area contributed by atoms with Gasteiger partial charge < -0.3 is 14.4 Å². The van der Waals surface area contributed by atoms with Crippen molar-refractivity contribution in [1.82, 2.24) is 0 Å². The van der Waals surface area contributed by atoms with Crippen LogP contribution in [0.15, 0.2) is 41.3 Å². The number of anilines is 1. The minimum atomic E-state index is -4.04. The number of nitro groups is 1. The maximum absolute atomic E-state index is 11.6. The molecular formula is C18H21N3O6S. The maximum atomic E-state index is 11.6. The van der Waals surface area contributed by atoms with Gasteiger partial charge in [0.2, 0.25) is 10.0 Å². The van der Waals surface area contributed by atoms with E-state index in [1.165, 1.54) is 12.1 Å². The van der Waals surface area contributed by atoms with Gasteiger partial charge in [0.05, 0.1) is 30.1 Å². The van der Waals surface area contributed by atoms with E-state index in [1.807, 2.05) is 17.0 Å². The summed E-state index contributed by atoms with van der Waals surface area (Å²) in [6, 6.07) is 9.04. The highest BCUT2D eigenvalue weighted by atomic mass is 32.2. The van der Waals surface area contributed by atoms with Crippen LogP contribution in [0.5, 0.6) is 11.5 Å². The Morgan fingerprint density at radius 2 is 1.93 bits per heavy atom. The van der Waals surface area contributed by atoms with Crippen molar-refractivity contribution in [1.29, 1.82) is 0 Å². The van der Waals surface area contributed by atoms with Crippen molar-refractivity contribution in [2.24, 2.45) is 5.14 Å². The molecule has 1 fully saturated rings. The molecule has 2 aromatic carbocycles. The first-order valence-electron chi connectivity index (χ1n) is 8.56. The van der Waals surface area contributed by atoms with Gasteiger partial charge in [0.1, 0.15) is 17.2 Å². The molecule has 150 valence electrons. The predicted octanol–water partition coefficient (Wildman–Crippen LogP) is 2.60. The van der Waals surface area contributed by atoms with Gasteiger partial charge in [-0.15, -0.1) is 0 Å². The van der Waals surface area contributed by atoms with Crippen molar-refractivity contribution in [3.63, 3.8) is 0 Å². The van der Waals surface area contributed by atoms with E-state index in [0.717, 1.165) is 24.5 Å². The second-order valence-electron chi connectivity index (χ2n) is 6.41. The van der Waals surface area contributed by atoms with Gasteiger partial charge in [-0.2, -0.15) is 0 Å². The molecule has 1 heterocycles. The largest absolute Gasteiger partial charge is 0.497 e. The van der Waals surface area contributed by atoms with Gasteiger partial charge in [-0.3, -0.25) is 10.1 Å². The van der Waals surface area contributed by atoms with E-state index in [0.29, 0.717) is 23.7 Å². The van der Waals surface area contributed by atoms with E-state index in [9.17, 15) is 18.5 Å². The second-order valence-corrected chi connectivity index (χ2v) is 7.97. The van der Waals surface area contributed by atoms with E-state index in [-0.39, 0.29) is 16.6 Å². The first-order valence-corrected chi connectivity index (χ1v) is 10.1. The molecule has 0 saturated carbocycles. The molecule has 1 atom stereocenters. The number of rotatable bonds is 6. The lowest BCUT2D eigenvalue weighted by molar-refractivity contribution is -0.384. The third-order valence-corrected chi connectivity index (χ3v) is 5.74. The number of hydrogen-bond donors (Lipinski definition) is 1. The fraction of sp³-hybridized carbons (Fsp3) is 0.333. The summed E-state index contributed by atoms with van der Waals surface area (Å²) in [5, 5.41) is 16.7. The molecule has 1 saturated heterocycles. The second kappa shape index (κ2) is 7.64. The minimum Gasteiger partial charge on any atom is -0.497 e. The van der Waals surface area contributed by atoms with E-state index in [2.05, 4.69) is 0 Å². The number of nitro benzene ring substituents is 1. The molecule has 0 bridgehead atoms. The quantitative estimate of drug-likeness (QED) is 0.576. The zero-order valence-electron chi connectivity index (χ0n) is 15.5. The van der Waals surface area contributed by atoms with Gasteiger partial charge in [0.15, 0.2) is 0 Å². The molecule has 9 nitrogen and oxygen atoms in total. The highest BCUT2D eigenvalue weighted by Crippen LogP contribution is 2.44. The molecule has 10 heteroatoms. The van der Waals surface area contributed by atoms with Gasteiger partial charge in [-0.1, -0.05) is 0 Å². The number of nitrogens with zero attached hydrogens (tertiary/aromatic N) is 2. The Morgan fingerprint density at radius 3 is 2.54 bits per heavy atom. The van der Waals surface area contributed by atoms with Crippen LogP contribution < -0.4 is 19.5 Å². The smallest absolute Gasteiger partial charge is 0.293 e. The van der Waals surface area contributed by atoms with E-state index >= 15 is 0 Å². The van der Waals surface area contributed by atoms with Crippen LogP contribution in [0.2, 0.25) is 0 Å². The molecule has 2 aromatic rings. The SMILES string of the molecule is COc1ccc([C@H]2CCCN2c2ccc(S(N)(=O)=O)cc2[N+](=O)[O-])c(OC)c1. The molecule has 0 radical (unpaired) electrons. The van der Waals surface area contributed by atoms with Crippen molar-refractivity contribution in [3.8, 4) is 11.5 Å². The van der Waals surface area contributed by atoms with Crippen molar-refractivity contribution in [2.75, 3.05) is 25.7 Å². The Kier molecular flexibility index (Phi) is 5.43. The molecule has 3 rings (SSSR count). The fourth-order valence-electron chi connectivity index (χ4n) is 3.54. The van der Waals surface area contributed by atoms with Crippen molar-refractivity contribution in [2.45, 2.75) is 23.8 Å². The van der Waals surface area contributed by atoms with Gasteiger partial charge in [0, 0.05) is 24.2 Å². The number of sulfonamides is 1. The maximum Gasteiger partial charge on any atom is 0.293 e. The topological polar surface area (TPSA) is 125 Å². The highest BCUT2D eigenvalue weighted by Gasteiger charge is 2.33. The van der Waals surface area contributed by atoms with Crippen LogP contribution in [0.3, 0.4) is 0 Å². The van der Waals surface area contributed by atoms with Crippen LogP contribution in [-0.2, 0) is 10.0 Å². The van der Waals surface area contributed by atoms with Crippen LogP contribution in [0, 0.1) is 10.1 Å². The van der Waals surface area contributed by atoms with Crippen molar-refractivity contribution in [3.05, 3.63) is 52.1 Å². The summed E-state index contributed by atoms with van der Waals surface area (Å²) in [5.74, 6) is 1.27. The average molecular weight is 407 g/mol. The normalized spacial score (nSPS) is 16.8. The summed E-state index contributed by atoms with van der Waals surface area (Å²) >= 11 is 0.